The summed E-state index contributed by atoms with van der Waals surface area (Å²) in [6.07, 6.45) is -1.41. The molecule has 7 aliphatic rings. The minimum atomic E-state index is -1.38. The fourth-order valence-corrected chi connectivity index (χ4v) is 9.18. The Bertz CT molecular complexity index is 1200. The maximum Gasteiger partial charge on any atom is 0.230 e. The molecule has 3 aliphatic carbocycles. The van der Waals surface area contributed by atoms with Crippen LogP contribution in [0.3, 0.4) is 0 Å². The highest BCUT2D eigenvalue weighted by Gasteiger charge is 2.77. The number of allylic oxidation sites excluding steroid dienone is 2. The van der Waals surface area contributed by atoms with Crippen molar-refractivity contribution < 1.29 is 53.2 Å². The van der Waals surface area contributed by atoms with E-state index in [1.807, 2.05) is 13.8 Å². The Morgan fingerprint density at radius 1 is 1.07 bits per heavy atom. The molecule has 0 aromatic rings. The second-order valence-electron chi connectivity index (χ2n) is 14.9. The molecule has 14 atom stereocenters. The van der Waals surface area contributed by atoms with E-state index in [2.05, 4.69) is 26.8 Å². The van der Waals surface area contributed by atoms with Gasteiger partial charge in [-0.3, -0.25) is 0 Å². The lowest BCUT2D eigenvalue weighted by Crippen LogP contribution is -2.70. The van der Waals surface area contributed by atoms with Gasteiger partial charge in [0.1, 0.15) is 41.7 Å². The molecule has 1 saturated carbocycles. The van der Waals surface area contributed by atoms with Crippen LogP contribution in [0, 0.1) is 23.2 Å². The molecule has 3 N–H and O–H groups in total. The van der Waals surface area contributed by atoms with Gasteiger partial charge in [0.05, 0.1) is 25.9 Å². The normalized spacial score (nSPS) is 52.9. The minimum absolute atomic E-state index is 0.0440. The SMILES string of the molecule is COC[C@@H]1O[C@H](O[C@H]2C3=C(C(C)C)CC[C@@]3(C)C=C3[C@@H](CC[C@]3(O)COC)[C@H](C)[C@H]2O)[C@H](O)[C@H]2O[C@@H]3O[C@]12O[C@]3(C)[C@@H]1CO1. The summed E-state index contributed by atoms with van der Waals surface area (Å²) >= 11 is 0. The monoisotopic (exact) mass is 622 g/mol. The van der Waals surface area contributed by atoms with Gasteiger partial charge >= 0.3 is 0 Å². The lowest BCUT2D eigenvalue weighted by molar-refractivity contribution is -0.385. The van der Waals surface area contributed by atoms with Gasteiger partial charge in [-0.2, -0.15) is 0 Å². The first-order valence-electron chi connectivity index (χ1n) is 16.3. The highest BCUT2D eigenvalue weighted by Crippen LogP contribution is 2.59. The zero-order valence-corrected chi connectivity index (χ0v) is 27.0. The molecule has 44 heavy (non-hydrogen) atoms. The van der Waals surface area contributed by atoms with E-state index < -0.39 is 65.5 Å². The average molecular weight is 623 g/mol. The highest BCUT2D eigenvalue weighted by molar-refractivity contribution is 5.42. The number of fused-ring (bicyclic) bond motifs is 3. The van der Waals surface area contributed by atoms with Gasteiger partial charge in [-0.05, 0) is 61.5 Å². The van der Waals surface area contributed by atoms with Crippen molar-refractivity contribution in [3.8, 4) is 0 Å². The zero-order chi connectivity index (χ0) is 31.4. The molecule has 2 bridgehead atoms. The molecule has 0 aromatic heterocycles. The summed E-state index contributed by atoms with van der Waals surface area (Å²) in [6.45, 7) is 11.3. The number of aliphatic hydroxyl groups is 3. The second-order valence-corrected chi connectivity index (χ2v) is 14.9. The molecular weight excluding hydrogens is 572 g/mol. The first kappa shape index (κ1) is 31.6. The fraction of sp³-hybridized carbons (Fsp3) is 0.879. The molecular formula is C33H50O11. The third-order valence-corrected chi connectivity index (χ3v) is 11.7. The lowest BCUT2D eigenvalue weighted by Gasteiger charge is -2.50. The topological polar surface area (TPSA) is 138 Å². The number of aliphatic hydroxyl groups excluding tert-OH is 2. The van der Waals surface area contributed by atoms with Gasteiger partial charge in [-0.15, -0.1) is 0 Å². The summed E-state index contributed by atoms with van der Waals surface area (Å²) in [4.78, 5) is 0. The van der Waals surface area contributed by atoms with Crippen LogP contribution in [-0.4, -0.2) is 116 Å². The van der Waals surface area contributed by atoms with E-state index in [0.29, 0.717) is 13.0 Å². The van der Waals surface area contributed by atoms with Gasteiger partial charge in [0.2, 0.25) is 5.79 Å². The molecule has 11 nitrogen and oxygen atoms in total. The van der Waals surface area contributed by atoms with Gasteiger partial charge in [0, 0.05) is 19.6 Å². The van der Waals surface area contributed by atoms with E-state index in [0.717, 1.165) is 30.4 Å². The summed E-state index contributed by atoms with van der Waals surface area (Å²) < 4.78 is 49.0. The van der Waals surface area contributed by atoms with Crippen LogP contribution in [0.4, 0.5) is 0 Å². The molecule has 5 fully saturated rings. The Kier molecular flexibility index (Phi) is 7.75. The molecule has 7 rings (SSSR count). The van der Waals surface area contributed by atoms with E-state index in [-0.39, 0.29) is 37.1 Å². The molecule has 4 heterocycles. The Morgan fingerprint density at radius 3 is 2.48 bits per heavy atom. The van der Waals surface area contributed by atoms with Crippen molar-refractivity contribution >= 4 is 0 Å². The van der Waals surface area contributed by atoms with Crippen molar-refractivity contribution in [2.24, 2.45) is 23.2 Å². The average Bonchev–Trinajstić information content (AvgIpc) is 3.48. The van der Waals surface area contributed by atoms with Gasteiger partial charge in [-0.1, -0.05) is 39.3 Å². The van der Waals surface area contributed by atoms with Crippen LogP contribution in [0.5, 0.6) is 0 Å². The van der Waals surface area contributed by atoms with Crippen molar-refractivity contribution in [2.45, 2.75) is 126 Å². The summed E-state index contributed by atoms with van der Waals surface area (Å²) in [5.74, 6) is -1.45. The maximum atomic E-state index is 12.2. The summed E-state index contributed by atoms with van der Waals surface area (Å²) in [6, 6.07) is 0. The van der Waals surface area contributed by atoms with Gasteiger partial charge in [0.25, 0.3) is 0 Å². The first-order chi connectivity index (χ1) is 20.8. The van der Waals surface area contributed by atoms with E-state index >= 15 is 0 Å². The second kappa shape index (κ2) is 10.8. The molecule has 0 unspecified atom stereocenters. The summed E-state index contributed by atoms with van der Waals surface area (Å²) in [5, 5.41) is 35.7. The Labute approximate surface area is 259 Å². The Morgan fingerprint density at radius 2 is 1.82 bits per heavy atom. The standard InChI is InChI=1S/C33H50O11/c1-16(2)18-8-10-30(4)12-20-19(9-11-32(20,36)15-38-7)17(3)24(34)26(23(18)30)41-28-25(35)27-33(22(40-28)13-37-6)43-29(42-27)31(5,44-33)21-14-39-21/h12,16-17,19,21-22,24-29,34-36H,8-11,13-15H2,1-7H3/t17-,19-,21-,22-,24+,25+,26-,27+,28+,29+,30-,31+,32-,33-/m0/s1. The van der Waals surface area contributed by atoms with Crippen molar-refractivity contribution in [1.29, 1.82) is 0 Å². The predicted molar refractivity (Wildman–Crippen MR) is 155 cm³/mol. The molecule has 0 amide bonds. The minimum Gasteiger partial charge on any atom is -0.390 e. The Hall–Kier alpha value is -0.960. The number of methoxy groups -OCH3 is 2. The number of epoxide rings is 1. The predicted octanol–water partition coefficient (Wildman–Crippen LogP) is 2.21. The fourth-order valence-electron chi connectivity index (χ4n) is 9.18. The zero-order valence-electron chi connectivity index (χ0n) is 27.0. The van der Waals surface area contributed by atoms with Gasteiger partial charge in [0.15, 0.2) is 12.6 Å². The van der Waals surface area contributed by atoms with Crippen molar-refractivity contribution in [2.75, 3.05) is 34.0 Å². The van der Waals surface area contributed by atoms with E-state index in [1.165, 1.54) is 5.57 Å². The number of ether oxygens (including phenoxy) is 8. The Balaban J connectivity index is 1.25. The largest absolute Gasteiger partial charge is 0.390 e. The smallest absolute Gasteiger partial charge is 0.230 e. The van der Waals surface area contributed by atoms with Crippen LogP contribution >= 0.6 is 0 Å². The maximum absolute atomic E-state index is 12.2. The van der Waals surface area contributed by atoms with Crippen LogP contribution in [0.25, 0.3) is 0 Å². The van der Waals surface area contributed by atoms with Gasteiger partial charge < -0.3 is 53.2 Å². The molecule has 0 radical (unpaired) electrons. The van der Waals surface area contributed by atoms with Crippen molar-refractivity contribution in [3.05, 3.63) is 22.8 Å². The van der Waals surface area contributed by atoms with Crippen LogP contribution in [0.2, 0.25) is 0 Å². The highest BCUT2D eigenvalue weighted by atomic mass is 16.9. The number of hydrogen-bond acceptors (Lipinski definition) is 11. The van der Waals surface area contributed by atoms with Crippen LogP contribution in [0.1, 0.15) is 60.3 Å². The number of rotatable bonds is 8. The van der Waals surface area contributed by atoms with Crippen molar-refractivity contribution in [1.82, 2.24) is 0 Å². The van der Waals surface area contributed by atoms with Crippen LogP contribution < -0.4 is 0 Å². The molecule has 248 valence electrons. The molecule has 0 aromatic carbocycles. The summed E-state index contributed by atoms with van der Waals surface area (Å²) in [5.41, 5.74) is 0.814. The quantitative estimate of drug-likeness (QED) is 0.271. The van der Waals surface area contributed by atoms with E-state index in [1.54, 1.807) is 14.2 Å². The van der Waals surface area contributed by atoms with Gasteiger partial charge in [-0.25, -0.2) is 0 Å². The molecule has 1 spiro atoms. The van der Waals surface area contributed by atoms with Crippen molar-refractivity contribution in [3.63, 3.8) is 0 Å². The third kappa shape index (κ3) is 4.49. The summed E-state index contributed by atoms with van der Waals surface area (Å²) in [7, 11) is 3.19. The molecule has 4 saturated heterocycles. The lowest BCUT2D eigenvalue weighted by atomic mass is 9.68. The van der Waals surface area contributed by atoms with Crippen LogP contribution in [0.15, 0.2) is 22.8 Å². The van der Waals surface area contributed by atoms with Crippen LogP contribution in [-0.2, 0) is 37.9 Å². The third-order valence-electron chi connectivity index (χ3n) is 11.7. The number of hydrogen-bond donors (Lipinski definition) is 3. The van der Waals surface area contributed by atoms with E-state index in [4.69, 9.17) is 37.9 Å². The first-order valence-corrected chi connectivity index (χ1v) is 16.3. The molecule has 11 heteroatoms. The molecule has 4 aliphatic heterocycles. The van der Waals surface area contributed by atoms with E-state index in [9.17, 15) is 15.3 Å².